The van der Waals surface area contributed by atoms with Crippen molar-refractivity contribution in [1.82, 2.24) is 4.90 Å². The van der Waals surface area contributed by atoms with Gasteiger partial charge in [0.15, 0.2) is 0 Å². The van der Waals surface area contributed by atoms with Crippen LogP contribution in [0.15, 0.2) is 24.3 Å². The molecule has 0 spiro atoms. The van der Waals surface area contributed by atoms with E-state index in [1.54, 1.807) is 24.3 Å². The Morgan fingerprint density at radius 2 is 2.11 bits per heavy atom. The van der Waals surface area contributed by atoms with E-state index in [2.05, 4.69) is 0 Å². The van der Waals surface area contributed by atoms with Crippen LogP contribution in [0.25, 0.3) is 0 Å². The highest BCUT2D eigenvalue weighted by Crippen LogP contribution is 2.24. The number of carboxylic acid groups (broad SMARTS) is 1. The van der Waals surface area contributed by atoms with E-state index >= 15 is 0 Å². The van der Waals surface area contributed by atoms with E-state index in [0.717, 1.165) is 0 Å². The van der Waals surface area contributed by atoms with Gasteiger partial charge in [0.25, 0.3) is 5.91 Å². The summed E-state index contributed by atoms with van der Waals surface area (Å²) in [5.74, 6) is 0.357. The Morgan fingerprint density at radius 1 is 1.42 bits per heavy atom. The van der Waals surface area contributed by atoms with Crippen molar-refractivity contribution >= 4 is 23.6 Å². The molecule has 1 unspecified atom stereocenters. The van der Waals surface area contributed by atoms with Gasteiger partial charge in [-0.05, 0) is 31.2 Å². The van der Waals surface area contributed by atoms with Gasteiger partial charge in [0, 0.05) is 11.3 Å². The summed E-state index contributed by atoms with van der Waals surface area (Å²) in [6.07, 6.45) is 0. The standard InChI is InChI=1S/C13H15NO4S/c1-2-18-10-5-3-9(4-6-10)12(15)14-8-19-7-11(14)13(16)17/h3-6,11H,2,7-8H2,1H3,(H,16,17). The zero-order valence-electron chi connectivity index (χ0n) is 10.5. The Morgan fingerprint density at radius 3 is 2.68 bits per heavy atom. The van der Waals surface area contributed by atoms with E-state index in [9.17, 15) is 9.59 Å². The predicted octanol–water partition coefficient (Wildman–Crippen LogP) is 1.68. The summed E-state index contributed by atoms with van der Waals surface area (Å²) in [6.45, 7) is 2.45. The van der Waals surface area contributed by atoms with Crippen molar-refractivity contribution in [1.29, 1.82) is 0 Å². The van der Waals surface area contributed by atoms with E-state index in [1.807, 2.05) is 6.92 Å². The zero-order valence-corrected chi connectivity index (χ0v) is 11.4. The number of aliphatic carboxylic acids is 1. The maximum absolute atomic E-state index is 12.2. The van der Waals surface area contributed by atoms with Crippen molar-refractivity contribution in [2.75, 3.05) is 18.2 Å². The number of ether oxygens (including phenoxy) is 1. The monoisotopic (exact) mass is 281 g/mol. The summed E-state index contributed by atoms with van der Waals surface area (Å²) >= 11 is 1.45. The maximum atomic E-state index is 12.2. The maximum Gasteiger partial charge on any atom is 0.327 e. The van der Waals surface area contributed by atoms with Gasteiger partial charge in [-0.1, -0.05) is 0 Å². The van der Waals surface area contributed by atoms with E-state index < -0.39 is 12.0 Å². The fraction of sp³-hybridized carbons (Fsp3) is 0.385. The molecule has 1 aliphatic rings. The predicted molar refractivity (Wildman–Crippen MR) is 72.5 cm³/mol. The van der Waals surface area contributed by atoms with Crippen LogP contribution in [0, 0.1) is 0 Å². The van der Waals surface area contributed by atoms with Crippen molar-refractivity contribution in [3.8, 4) is 5.75 Å². The molecule has 6 heteroatoms. The lowest BCUT2D eigenvalue weighted by atomic mass is 10.1. The smallest absolute Gasteiger partial charge is 0.327 e. The first-order chi connectivity index (χ1) is 9.13. The van der Waals surface area contributed by atoms with Crippen LogP contribution in [0.4, 0.5) is 0 Å². The van der Waals surface area contributed by atoms with Crippen LogP contribution in [0.5, 0.6) is 5.75 Å². The molecule has 0 saturated carbocycles. The molecule has 19 heavy (non-hydrogen) atoms. The third kappa shape index (κ3) is 3.01. The molecule has 1 atom stereocenters. The number of carbonyl (C=O) groups is 2. The van der Waals surface area contributed by atoms with Gasteiger partial charge in [0.05, 0.1) is 12.5 Å². The lowest BCUT2D eigenvalue weighted by Gasteiger charge is -2.20. The Balaban J connectivity index is 2.12. The van der Waals surface area contributed by atoms with Crippen LogP contribution in [0.2, 0.25) is 0 Å². The molecule has 5 nitrogen and oxygen atoms in total. The molecule has 0 aliphatic carbocycles. The number of carboxylic acids is 1. The van der Waals surface area contributed by atoms with Crippen LogP contribution in [-0.2, 0) is 4.79 Å². The van der Waals surface area contributed by atoms with Crippen molar-refractivity contribution in [3.05, 3.63) is 29.8 Å². The molecule has 1 aromatic rings. The lowest BCUT2D eigenvalue weighted by Crippen LogP contribution is -2.41. The van der Waals surface area contributed by atoms with E-state index in [0.29, 0.717) is 29.5 Å². The third-order valence-corrected chi connectivity index (χ3v) is 3.85. The molecule has 1 fully saturated rings. The van der Waals surface area contributed by atoms with E-state index in [4.69, 9.17) is 9.84 Å². The molecule has 1 heterocycles. The molecule has 1 amide bonds. The molecule has 0 aromatic heterocycles. The summed E-state index contributed by atoms with van der Waals surface area (Å²) in [4.78, 5) is 24.7. The molecule has 0 radical (unpaired) electrons. The second-order valence-electron chi connectivity index (χ2n) is 4.09. The van der Waals surface area contributed by atoms with Gasteiger partial charge in [-0.3, -0.25) is 4.79 Å². The van der Waals surface area contributed by atoms with Gasteiger partial charge in [-0.15, -0.1) is 11.8 Å². The number of nitrogens with zero attached hydrogens (tertiary/aromatic N) is 1. The summed E-state index contributed by atoms with van der Waals surface area (Å²) in [5, 5.41) is 9.07. The number of hydrogen-bond acceptors (Lipinski definition) is 4. The topological polar surface area (TPSA) is 66.8 Å². The molecule has 1 aromatic carbocycles. The quantitative estimate of drug-likeness (QED) is 0.909. The fourth-order valence-electron chi connectivity index (χ4n) is 1.87. The Bertz CT molecular complexity index is 474. The second-order valence-corrected chi connectivity index (χ2v) is 5.09. The molecular weight excluding hydrogens is 266 g/mol. The minimum Gasteiger partial charge on any atom is -0.494 e. The highest BCUT2D eigenvalue weighted by Gasteiger charge is 2.34. The first kappa shape index (κ1) is 13.7. The summed E-state index contributed by atoms with van der Waals surface area (Å²) < 4.78 is 5.30. The van der Waals surface area contributed by atoms with Crippen LogP contribution in [0.1, 0.15) is 17.3 Å². The molecule has 1 aliphatic heterocycles. The fourth-order valence-corrected chi connectivity index (χ4v) is 3.02. The largest absolute Gasteiger partial charge is 0.494 e. The normalized spacial score (nSPS) is 18.4. The van der Waals surface area contributed by atoms with Crippen LogP contribution >= 0.6 is 11.8 Å². The molecule has 1 saturated heterocycles. The highest BCUT2D eigenvalue weighted by atomic mass is 32.2. The first-order valence-corrected chi connectivity index (χ1v) is 7.13. The van der Waals surface area contributed by atoms with Crippen LogP contribution in [0.3, 0.4) is 0 Å². The number of benzene rings is 1. The van der Waals surface area contributed by atoms with Crippen molar-refractivity contribution in [3.63, 3.8) is 0 Å². The van der Waals surface area contributed by atoms with E-state index in [1.165, 1.54) is 16.7 Å². The minimum absolute atomic E-state index is 0.250. The Kier molecular flexibility index (Phi) is 4.31. The molecule has 0 bridgehead atoms. The Labute approximate surface area is 115 Å². The number of amides is 1. The lowest BCUT2D eigenvalue weighted by molar-refractivity contribution is -0.140. The second kappa shape index (κ2) is 5.97. The van der Waals surface area contributed by atoms with Gasteiger partial charge in [0.2, 0.25) is 0 Å². The van der Waals surface area contributed by atoms with Crippen LogP contribution < -0.4 is 4.74 Å². The number of hydrogen-bond donors (Lipinski definition) is 1. The number of thioether (sulfide) groups is 1. The van der Waals surface area contributed by atoms with Gasteiger partial charge >= 0.3 is 5.97 Å². The Hall–Kier alpha value is -1.69. The van der Waals surface area contributed by atoms with Crippen molar-refractivity contribution < 1.29 is 19.4 Å². The third-order valence-electron chi connectivity index (χ3n) is 2.84. The SMILES string of the molecule is CCOc1ccc(C(=O)N2CSCC2C(=O)O)cc1. The zero-order chi connectivity index (χ0) is 13.8. The van der Waals surface area contributed by atoms with Gasteiger partial charge < -0.3 is 14.7 Å². The number of carbonyl (C=O) groups excluding carboxylic acids is 1. The van der Waals surface area contributed by atoms with Crippen molar-refractivity contribution in [2.24, 2.45) is 0 Å². The van der Waals surface area contributed by atoms with Gasteiger partial charge in [0.1, 0.15) is 11.8 Å². The minimum atomic E-state index is -0.954. The van der Waals surface area contributed by atoms with Gasteiger partial charge in [-0.2, -0.15) is 0 Å². The molecule has 102 valence electrons. The summed E-state index contributed by atoms with van der Waals surface area (Å²) in [7, 11) is 0. The first-order valence-electron chi connectivity index (χ1n) is 5.98. The highest BCUT2D eigenvalue weighted by molar-refractivity contribution is 7.99. The average Bonchev–Trinajstić information content (AvgIpc) is 2.88. The van der Waals surface area contributed by atoms with E-state index in [-0.39, 0.29) is 5.91 Å². The summed E-state index contributed by atoms with van der Waals surface area (Å²) in [5.41, 5.74) is 0.484. The molecule has 2 rings (SSSR count). The van der Waals surface area contributed by atoms with Crippen molar-refractivity contribution in [2.45, 2.75) is 13.0 Å². The average molecular weight is 281 g/mol. The number of rotatable bonds is 4. The van der Waals surface area contributed by atoms with Crippen LogP contribution in [-0.4, -0.2) is 46.2 Å². The molecular formula is C13H15NO4S. The summed E-state index contributed by atoms with van der Waals surface area (Å²) in [6, 6.07) is 6.03. The molecule has 1 N–H and O–H groups in total. The van der Waals surface area contributed by atoms with Gasteiger partial charge in [-0.25, -0.2) is 4.79 Å².